The molecule has 2 N–H and O–H groups in total. The number of carbonyl (C=O) groups excluding carboxylic acids is 1. The molecule has 170 valence electrons. The lowest BCUT2D eigenvalue weighted by atomic mass is 10.1. The Labute approximate surface area is 194 Å². The first-order valence-electron chi connectivity index (χ1n) is 10.8. The number of hydrogen-bond donors (Lipinski definition) is 2. The summed E-state index contributed by atoms with van der Waals surface area (Å²) in [5, 5.41) is 6.33. The summed E-state index contributed by atoms with van der Waals surface area (Å²) >= 11 is 3.61. The summed E-state index contributed by atoms with van der Waals surface area (Å²) in [6, 6.07) is 11.4. The molecule has 0 saturated heterocycles. The fourth-order valence-corrected chi connectivity index (χ4v) is 3.67. The fraction of sp³-hybridized carbons (Fsp3) is 0.458. The van der Waals surface area contributed by atoms with Crippen LogP contribution in [0.4, 0.5) is 5.69 Å². The van der Waals surface area contributed by atoms with Gasteiger partial charge in [0.05, 0.1) is 7.11 Å². The van der Waals surface area contributed by atoms with Gasteiger partial charge in [-0.15, -0.1) is 0 Å². The lowest BCUT2D eigenvalue weighted by Gasteiger charge is -2.19. The van der Waals surface area contributed by atoms with Gasteiger partial charge in [-0.2, -0.15) is 0 Å². The number of nitrogens with zero attached hydrogens (tertiary/aromatic N) is 1. The first kappa shape index (κ1) is 25.2. The Hall–Kier alpha value is -2.09. The van der Waals surface area contributed by atoms with Gasteiger partial charge in [0.2, 0.25) is 0 Å². The highest BCUT2D eigenvalue weighted by Gasteiger charge is 2.16. The van der Waals surface area contributed by atoms with Crippen molar-refractivity contribution in [3.05, 3.63) is 52.0 Å². The maximum Gasteiger partial charge on any atom is 0.262 e. The lowest BCUT2D eigenvalue weighted by Crippen LogP contribution is -2.27. The van der Waals surface area contributed by atoms with Gasteiger partial charge in [-0.05, 0) is 63.8 Å². The van der Waals surface area contributed by atoms with E-state index in [1.165, 1.54) is 0 Å². The summed E-state index contributed by atoms with van der Waals surface area (Å²) in [5.74, 6) is 0.961. The molecule has 0 atom stereocenters. The highest BCUT2D eigenvalue weighted by atomic mass is 79.9. The Morgan fingerprint density at radius 2 is 1.81 bits per heavy atom. The Morgan fingerprint density at radius 3 is 2.45 bits per heavy atom. The van der Waals surface area contributed by atoms with E-state index in [4.69, 9.17) is 9.47 Å². The minimum Gasteiger partial charge on any atom is -0.493 e. The van der Waals surface area contributed by atoms with Crippen molar-refractivity contribution in [3.8, 4) is 11.5 Å². The van der Waals surface area contributed by atoms with Crippen LogP contribution in [0.1, 0.15) is 31.4 Å². The first-order valence-corrected chi connectivity index (χ1v) is 11.6. The monoisotopic (exact) mass is 491 g/mol. The van der Waals surface area contributed by atoms with E-state index in [2.05, 4.69) is 45.3 Å². The van der Waals surface area contributed by atoms with Crippen LogP contribution in [0, 0.1) is 6.92 Å². The van der Waals surface area contributed by atoms with E-state index < -0.39 is 0 Å². The average Bonchev–Trinajstić information content (AvgIpc) is 2.77. The average molecular weight is 492 g/mol. The van der Waals surface area contributed by atoms with E-state index in [-0.39, 0.29) is 12.5 Å². The lowest BCUT2D eigenvalue weighted by molar-refractivity contribution is -0.118. The van der Waals surface area contributed by atoms with Crippen molar-refractivity contribution in [2.24, 2.45) is 0 Å². The molecule has 0 aliphatic rings. The summed E-state index contributed by atoms with van der Waals surface area (Å²) in [6.07, 6.45) is 1.07. The molecule has 0 saturated carbocycles. The number of anilines is 1. The van der Waals surface area contributed by atoms with Crippen LogP contribution in [0.2, 0.25) is 0 Å². The quantitative estimate of drug-likeness (QED) is 0.400. The predicted molar refractivity (Wildman–Crippen MR) is 130 cm³/mol. The summed E-state index contributed by atoms with van der Waals surface area (Å²) in [5.41, 5.74) is 2.82. The first-order chi connectivity index (χ1) is 15.0. The van der Waals surface area contributed by atoms with Crippen molar-refractivity contribution < 1.29 is 14.3 Å². The SMILES string of the molecule is CCN(CC)CCCNCc1c(Br)ccc(OC)c1OCC(=O)Nc1ccc(C)cc1. The molecule has 0 unspecified atom stereocenters. The van der Waals surface area contributed by atoms with Gasteiger partial charge >= 0.3 is 0 Å². The third-order valence-corrected chi connectivity index (χ3v) is 5.84. The van der Waals surface area contributed by atoms with Crippen molar-refractivity contribution in [1.82, 2.24) is 10.2 Å². The number of methoxy groups -OCH3 is 1. The summed E-state index contributed by atoms with van der Waals surface area (Å²) < 4.78 is 12.3. The summed E-state index contributed by atoms with van der Waals surface area (Å²) in [7, 11) is 1.60. The van der Waals surface area contributed by atoms with Crippen LogP contribution in [0.15, 0.2) is 40.9 Å². The van der Waals surface area contributed by atoms with Gasteiger partial charge in [-0.1, -0.05) is 47.5 Å². The number of hydrogen-bond acceptors (Lipinski definition) is 5. The zero-order valence-electron chi connectivity index (χ0n) is 19.0. The molecule has 7 heteroatoms. The van der Waals surface area contributed by atoms with Gasteiger partial charge in [0, 0.05) is 22.3 Å². The Bertz CT molecular complexity index is 824. The second-order valence-electron chi connectivity index (χ2n) is 7.32. The third kappa shape index (κ3) is 8.16. The smallest absolute Gasteiger partial charge is 0.262 e. The van der Waals surface area contributed by atoms with Gasteiger partial charge < -0.3 is 25.0 Å². The van der Waals surface area contributed by atoms with Crippen LogP contribution in [0.3, 0.4) is 0 Å². The fourth-order valence-electron chi connectivity index (χ4n) is 3.22. The molecular weight excluding hydrogens is 458 g/mol. The molecule has 2 aromatic rings. The van der Waals surface area contributed by atoms with Crippen molar-refractivity contribution >= 4 is 27.5 Å². The van der Waals surface area contributed by atoms with E-state index in [9.17, 15) is 4.79 Å². The number of nitrogens with one attached hydrogen (secondary N) is 2. The normalized spacial score (nSPS) is 10.9. The molecule has 1 amide bonds. The predicted octanol–water partition coefficient (Wildman–Crippen LogP) is 4.61. The molecule has 0 fully saturated rings. The van der Waals surface area contributed by atoms with Gasteiger partial charge in [-0.3, -0.25) is 4.79 Å². The minimum atomic E-state index is -0.219. The van der Waals surface area contributed by atoms with Crippen LogP contribution >= 0.6 is 15.9 Å². The van der Waals surface area contributed by atoms with Gasteiger partial charge in [0.15, 0.2) is 18.1 Å². The van der Waals surface area contributed by atoms with E-state index >= 15 is 0 Å². The van der Waals surface area contributed by atoms with Crippen molar-refractivity contribution in [3.63, 3.8) is 0 Å². The second-order valence-corrected chi connectivity index (χ2v) is 8.17. The molecule has 0 aromatic heterocycles. The molecule has 31 heavy (non-hydrogen) atoms. The minimum absolute atomic E-state index is 0.102. The van der Waals surface area contributed by atoms with Crippen LogP contribution in [0.25, 0.3) is 0 Å². The highest BCUT2D eigenvalue weighted by Crippen LogP contribution is 2.36. The van der Waals surface area contributed by atoms with Crippen molar-refractivity contribution in [2.75, 3.05) is 45.2 Å². The molecule has 0 radical (unpaired) electrons. The maximum atomic E-state index is 12.4. The number of carbonyl (C=O) groups is 1. The third-order valence-electron chi connectivity index (χ3n) is 5.09. The number of ether oxygens (including phenoxy) is 2. The molecule has 2 rings (SSSR count). The summed E-state index contributed by atoms with van der Waals surface area (Å²) in [4.78, 5) is 14.8. The molecule has 0 aliphatic heterocycles. The molecular formula is C24H34BrN3O3. The van der Waals surface area contributed by atoms with E-state index in [1.54, 1.807) is 7.11 Å². The van der Waals surface area contributed by atoms with Crippen LogP contribution in [-0.2, 0) is 11.3 Å². The van der Waals surface area contributed by atoms with E-state index in [0.29, 0.717) is 18.0 Å². The molecule has 0 spiro atoms. The molecule has 6 nitrogen and oxygen atoms in total. The Morgan fingerprint density at radius 1 is 1.10 bits per heavy atom. The van der Waals surface area contributed by atoms with Crippen molar-refractivity contribution in [2.45, 2.75) is 33.7 Å². The van der Waals surface area contributed by atoms with Crippen LogP contribution in [0.5, 0.6) is 11.5 Å². The topological polar surface area (TPSA) is 62.8 Å². The van der Waals surface area contributed by atoms with Gasteiger partial charge in [0.1, 0.15) is 0 Å². The highest BCUT2D eigenvalue weighted by molar-refractivity contribution is 9.10. The van der Waals surface area contributed by atoms with Gasteiger partial charge in [-0.25, -0.2) is 0 Å². The Kier molecular flexibility index (Phi) is 10.8. The Balaban J connectivity index is 1.96. The van der Waals surface area contributed by atoms with E-state index in [0.717, 1.165) is 53.9 Å². The maximum absolute atomic E-state index is 12.4. The van der Waals surface area contributed by atoms with Crippen LogP contribution in [-0.4, -0.2) is 50.7 Å². The number of benzene rings is 2. The molecule has 2 aromatic carbocycles. The standard InChI is InChI=1S/C24H34BrN3O3/c1-5-28(6-2)15-7-14-26-16-20-21(25)12-13-22(30-4)24(20)31-17-23(29)27-19-10-8-18(3)9-11-19/h8-13,26H,5-7,14-17H2,1-4H3,(H,27,29). The number of aryl methyl sites for hydroxylation is 1. The van der Waals surface area contributed by atoms with Crippen molar-refractivity contribution in [1.29, 1.82) is 0 Å². The molecule has 0 bridgehead atoms. The van der Waals surface area contributed by atoms with E-state index in [1.807, 2.05) is 43.3 Å². The van der Waals surface area contributed by atoms with Crippen LogP contribution < -0.4 is 20.1 Å². The molecule has 0 aliphatic carbocycles. The zero-order valence-corrected chi connectivity index (χ0v) is 20.5. The number of halogens is 1. The van der Waals surface area contributed by atoms with Gasteiger partial charge in [0.25, 0.3) is 5.91 Å². The summed E-state index contributed by atoms with van der Waals surface area (Å²) in [6.45, 7) is 11.0. The zero-order chi connectivity index (χ0) is 22.6. The second kappa shape index (κ2) is 13.3. The largest absolute Gasteiger partial charge is 0.493 e. The number of amides is 1. The number of rotatable bonds is 13. The molecule has 0 heterocycles.